The van der Waals surface area contributed by atoms with Crippen LogP contribution in [0.15, 0.2) is 54.6 Å². The van der Waals surface area contributed by atoms with Crippen LogP contribution in [0.1, 0.15) is 54.3 Å². The standard InChI is InChI=1S/C20H22O4/c1-3-9-19(24-15(2)21)17-12-7-8-13-18(17)20(22)23-14-16-10-5-4-6-11-16/h4-8,10-13,19H,3,9,14H2,1-2H3. The van der Waals surface area contributed by atoms with Crippen LogP contribution in [0.5, 0.6) is 0 Å². The molecule has 0 bridgehead atoms. The van der Waals surface area contributed by atoms with Crippen molar-refractivity contribution in [2.75, 3.05) is 0 Å². The first-order valence-electron chi connectivity index (χ1n) is 8.09. The van der Waals surface area contributed by atoms with E-state index in [9.17, 15) is 9.59 Å². The Hall–Kier alpha value is -2.62. The maximum absolute atomic E-state index is 12.5. The lowest BCUT2D eigenvalue weighted by molar-refractivity contribution is -0.147. The summed E-state index contributed by atoms with van der Waals surface area (Å²) in [5.41, 5.74) is 2.05. The molecule has 0 aliphatic rings. The molecule has 24 heavy (non-hydrogen) atoms. The molecule has 0 aliphatic heterocycles. The van der Waals surface area contributed by atoms with Crippen LogP contribution < -0.4 is 0 Å². The number of hydrogen-bond donors (Lipinski definition) is 0. The minimum absolute atomic E-state index is 0.208. The molecule has 0 aromatic heterocycles. The molecule has 4 nitrogen and oxygen atoms in total. The average Bonchev–Trinajstić information content (AvgIpc) is 2.60. The Morgan fingerprint density at radius 2 is 1.67 bits per heavy atom. The molecule has 0 amide bonds. The summed E-state index contributed by atoms with van der Waals surface area (Å²) >= 11 is 0. The van der Waals surface area contributed by atoms with Gasteiger partial charge in [-0.3, -0.25) is 4.79 Å². The van der Waals surface area contributed by atoms with Crippen LogP contribution in [0.25, 0.3) is 0 Å². The van der Waals surface area contributed by atoms with Gasteiger partial charge >= 0.3 is 11.9 Å². The molecule has 0 aliphatic carbocycles. The fourth-order valence-corrected chi connectivity index (χ4v) is 2.50. The van der Waals surface area contributed by atoms with E-state index in [4.69, 9.17) is 9.47 Å². The maximum Gasteiger partial charge on any atom is 0.338 e. The van der Waals surface area contributed by atoms with Gasteiger partial charge in [-0.1, -0.05) is 61.9 Å². The molecule has 4 heteroatoms. The lowest BCUT2D eigenvalue weighted by atomic mass is 9.99. The van der Waals surface area contributed by atoms with Gasteiger partial charge in [-0.15, -0.1) is 0 Å². The van der Waals surface area contributed by atoms with Crippen molar-refractivity contribution in [2.24, 2.45) is 0 Å². The predicted molar refractivity (Wildman–Crippen MR) is 91.4 cm³/mol. The smallest absolute Gasteiger partial charge is 0.338 e. The van der Waals surface area contributed by atoms with Gasteiger partial charge < -0.3 is 9.47 Å². The van der Waals surface area contributed by atoms with Gasteiger partial charge in [-0.2, -0.15) is 0 Å². The Kier molecular flexibility index (Phi) is 6.55. The Morgan fingerprint density at radius 1 is 1.00 bits per heavy atom. The first kappa shape index (κ1) is 17.7. The van der Waals surface area contributed by atoms with Gasteiger partial charge in [0, 0.05) is 12.5 Å². The lowest BCUT2D eigenvalue weighted by Crippen LogP contribution is -2.14. The van der Waals surface area contributed by atoms with Crippen molar-refractivity contribution in [1.29, 1.82) is 0 Å². The number of ether oxygens (including phenoxy) is 2. The first-order chi connectivity index (χ1) is 11.6. The SMILES string of the molecule is CCCC(OC(C)=O)c1ccccc1C(=O)OCc1ccccc1. The summed E-state index contributed by atoms with van der Waals surface area (Å²) in [6.45, 7) is 3.59. The molecule has 1 atom stereocenters. The van der Waals surface area contributed by atoms with Crippen LogP contribution >= 0.6 is 0 Å². The largest absolute Gasteiger partial charge is 0.458 e. The number of carbonyl (C=O) groups excluding carboxylic acids is 2. The summed E-state index contributed by atoms with van der Waals surface area (Å²) in [4.78, 5) is 23.8. The summed E-state index contributed by atoms with van der Waals surface area (Å²) in [6, 6.07) is 16.6. The van der Waals surface area contributed by atoms with Crippen LogP contribution in [0.3, 0.4) is 0 Å². The normalized spacial score (nSPS) is 11.6. The molecule has 0 radical (unpaired) electrons. The Labute approximate surface area is 142 Å². The predicted octanol–water partition coefficient (Wildman–Crippen LogP) is 4.45. The van der Waals surface area contributed by atoms with E-state index >= 15 is 0 Å². The van der Waals surface area contributed by atoms with Crippen molar-refractivity contribution in [3.8, 4) is 0 Å². The van der Waals surface area contributed by atoms with E-state index in [1.54, 1.807) is 12.1 Å². The van der Waals surface area contributed by atoms with E-state index in [1.165, 1.54) is 6.92 Å². The molecule has 0 N–H and O–H groups in total. The minimum Gasteiger partial charge on any atom is -0.458 e. The molecule has 0 heterocycles. The zero-order valence-electron chi connectivity index (χ0n) is 14.0. The summed E-state index contributed by atoms with van der Waals surface area (Å²) in [5, 5.41) is 0. The van der Waals surface area contributed by atoms with Gasteiger partial charge in [0.2, 0.25) is 0 Å². The molecule has 0 saturated carbocycles. The van der Waals surface area contributed by atoms with Crippen LogP contribution in [0, 0.1) is 0 Å². The topological polar surface area (TPSA) is 52.6 Å². The van der Waals surface area contributed by atoms with Crippen LogP contribution in [0.2, 0.25) is 0 Å². The fourth-order valence-electron chi connectivity index (χ4n) is 2.50. The monoisotopic (exact) mass is 326 g/mol. The van der Waals surface area contributed by atoms with Gasteiger partial charge in [-0.05, 0) is 18.1 Å². The number of carbonyl (C=O) groups is 2. The fraction of sp³-hybridized carbons (Fsp3) is 0.300. The zero-order chi connectivity index (χ0) is 17.4. The zero-order valence-corrected chi connectivity index (χ0v) is 14.0. The van der Waals surface area contributed by atoms with Gasteiger partial charge in [-0.25, -0.2) is 4.79 Å². The number of esters is 2. The highest BCUT2D eigenvalue weighted by atomic mass is 16.5. The van der Waals surface area contributed by atoms with Gasteiger partial charge in [0.1, 0.15) is 12.7 Å². The van der Waals surface area contributed by atoms with Crippen LogP contribution in [-0.2, 0) is 20.9 Å². The Balaban J connectivity index is 2.16. The molecule has 126 valence electrons. The third-order valence-electron chi connectivity index (χ3n) is 3.60. The van der Waals surface area contributed by atoms with Gasteiger partial charge in [0.25, 0.3) is 0 Å². The molecule has 0 saturated heterocycles. The number of hydrogen-bond acceptors (Lipinski definition) is 4. The molecule has 0 fully saturated rings. The van der Waals surface area contributed by atoms with Crippen molar-refractivity contribution < 1.29 is 19.1 Å². The van der Waals surface area contributed by atoms with Crippen molar-refractivity contribution in [3.05, 3.63) is 71.3 Å². The first-order valence-corrected chi connectivity index (χ1v) is 8.09. The number of rotatable bonds is 7. The highest BCUT2D eigenvalue weighted by molar-refractivity contribution is 5.91. The second kappa shape index (κ2) is 8.87. The molecular formula is C20H22O4. The Morgan fingerprint density at radius 3 is 2.33 bits per heavy atom. The molecule has 2 aromatic carbocycles. The van der Waals surface area contributed by atoms with Gasteiger partial charge in [0.15, 0.2) is 0 Å². The summed E-state index contributed by atoms with van der Waals surface area (Å²) < 4.78 is 10.8. The lowest BCUT2D eigenvalue weighted by Gasteiger charge is -2.19. The third-order valence-corrected chi connectivity index (χ3v) is 3.60. The summed E-state index contributed by atoms with van der Waals surface area (Å²) in [7, 11) is 0. The van der Waals surface area contributed by atoms with E-state index in [1.807, 2.05) is 49.4 Å². The quantitative estimate of drug-likeness (QED) is 0.706. The highest BCUT2D eigenvalue weighted by Gasteiger charge is 2.21. The summed E-state index contributed by atoms with van der Waals surface area (Å²) in [6.07, 6.45) is 1.06. The van der Waals surface area contributed by atoms with Crippen molar-refractivity contribution in [1.82, 2.24) is 0 Å². The summed E-state index contributed by atoms with van der Waals surface area (Å²) in [5.74, 6) is -0.774. The minimum atomic E-state index is -0.437. The van der Waals surface area contributed by atoms with Crippen LogP contribution in [-0.4, -0.2) is 11.9 Å². The number of benzene rings is 2. The third kappa shape index (κ3) is 4.95. The molecule has 2 rings (SSSR count). The van der Waals surface area contributed by atoms with E-state index < -0.39 is 12.1 Å². The Bertz CT molecular complexity index is 679. The van der Waals surface area contributed by atoms with Gasteiger partial charge in [0.05, 0.1) is 5.56 Å². The molecule has 0 spiro atoms. The highest BCUT2D eigenvalue weighted by Crippen LogP contribution is 2.27. The van der Waals surface area contributed by atoms with E-state index in [0.29, 0.717) is 17.5 Å². The molecular weight excluding hydrogens is 304 g/mol. The molecule has 1 unspecified atom stereocenters. The van der Waals surface area contributed by atoms with Crippen molar-refractivity contribution in [3.63, 3.8) is 0 Å². The average molecular weight is 326 g/mol. The second-order valence-electron chi connectivity index (χ2n) is 5.54. The van der Waals surface area contributed by atoms with Crippen LogP contribution in [0.4, 0.5) is 0 Å². The maximum atomic E-state index is 12.5. The van der Waals surface area contributed by atoms with E-state index in [-0.39, 0.29) is 12.6 Å². The van der Waals surface area contributed by atoms with Crippen molar-refractivity contribution >= 4 is 11.9 Å². The second-order valence-corrected chi connectivity index (χ2v) is 5.54. The van der Waals surface area contributed by atoms with Crippen molar-refractivity contribution in [2.45, 2.75) is 39.4 Å². The van der Waals surface area contributed by atoms with E-state index in [0.717, 1.165) is 12.0 Å². The molecule has 2 aromatic rings. The van der Waals surface area contributed by atoms with E-state index in [2.05, 4.69) is 0 Å².